The van der Waals surface area contributed by atoms with Gasteiger partial charge in [0, 0.05) is 11.3 Å². The first-order valence-electron chi connectivity index (χ1n) is 10.8. The third-order valence-electron chi connectivity index (χ3n) is 5.81. The van der Waals surface area contributed by atoms with Crippen molar-refractivity contribution in [2.45, 2.75) is 66.4 Å². The molecule has 2 N–H and O–H groups in total. The number of alkyl halides is 17. The Morgan fingerprint density at radius 3 is 1.44 bits per heavy atom. The number of benzene rings is 1. The van der Waals surface area contributed by atoms with E-state index in [4.69, 9.17) is 0 Å². The lowest BCUT2D eigenvalue weighted by atomic mass is 9.89. The molecule has 0 aliphatic carbocycles. The number of carbonyl (C=O) groups excluding carboxylic acids is 1. The fourth-order valence-electron chi connectivity index (χ4n) is 2.92. The van der Waals surface area contributed by atoms with Crippen LogP contribution >= 0.6 is 0 Å². The van der Waals surface area contributed by atoms with Gasteiger partial charge in [0.15, 0.2) is 0 Å². The third-order valence-corrected chi connectivity index (χ3v) is 7.16. The molecule has 1 aromatic heterocycles. The van der Waals surface area contributed by atoms with E-state index in [1.165, 1.54) is 13.8 Å². The maximum atomic E-state index is 14.1. The maximum absolute atomic E-state index is 14.1. The van der Waals surface area contributed by atoms with E-state index in [1.807, 2.05) is 4.72 Å². The number of amides is 1. The van der Waals surface area contributed by atoms with Crippen LogP contribution in [0.1, 0.15) is 11.3 Å². The van der Waals surface area contributed by atoms with Gasteiger partial charge in [0.05, 0.1) is 10.6 Å². The molecule has 45 heavy (non-hydrogen) atoms. The molecule has 0 radical (unpaired) electrons. The summed E-state index contributed by atoms with van der Waals surface area (Å²) in [4.78, 5) is 10.9. The molecule has 2 aromatic rings. The second-order valence-electron chi connectivity index (χ2n) is 8.82. The molecule has 0 aliphatic rings. The number of nitrogens with zero attached hydrogens (tertiary/aromatic N) is 1. The Bertz CT molecular complexity index is 1530. The Morgan fingerprint density at radius 1 is 0.667 bits per heavy atom. The van der Waals surface area contributed by atoms with Crippen LogP contribution in [0.5, 0.6) is 0 Å². The van der Waals surface area contributed by atoms with Crippen molar-refractivity contribution in [2.24, 2.45) is 0 Å². The minimum atomic E-state index is -8.84. The van der Waals surface area contributed by atoms with E-state index in [2.05, 4.69) is 9.68 Å². The highest BCUT2D eigenvalue weighted by Crippen LogP contribution is 2.64. The van der Waals surface area contributed by atoms with Crippen molar-refractivity contribution in [1.29, 1.82) is 0 Å². The van der Waals surface area contributed by atoms with Crippen LogP contribution < -0.4 is 10.0 Å². The highest BCUT2D eigenvalue weighted by atomic mass is 32.2. The monoisotopic (exact) mass is 713 g/mol. The first kappa shape index (κ1) is 37.6. The number of nitrogens with one attached hydrogen (secondary N) is 2. The smallest absolute Gasteiger partial charge is 0.337 e. The van der Waals surface area contributed by atoms with Gasteiger partial charge in [-0.25, -0.2) is 13.1 Å². The zero-order valence-electron chi connectivity index (χ0n) is 21.2. The number of rotatable bonds is 11. The zero-order chi connectivity index (χ0) is 35.6. The number of hydrogen-bond acceptors (Lipinski definition) is 5. The van der Waals surface area contributed by atoms with E-state index >= 15 is 0 Å². The minimum absolute atomic E-state index is 0.184. The molecule has 0 atom stereocenters. The minimum Gasteiger partial charge on any atom is -0.337 e. The molecule has 25 heteroatoms. The highest BCUT2D eigenvalue weighted by molar-refractivity contribution is 7.92. The second kappa shape index (κ2) is 10.8. The van der Waals surface area contributed by atoms with E-state index in [9.17, 15) is 87.8 Å². The number of aromatic nitrogens is 1. The molecule has 0 unspecified atom stereocenters. The SMILES string of the molecule is Cc1noc(NS(=O)(=O)c2ccc(NC(=O)C(F)(F)C(F)(F)C(F)(F)C(F)(F)C(F)(F)C(F)(F)C(F)(F)C(F)(F)F)cc2)c1C. The van der Waals surface area contributed by atoms with Crippen molar-refractivity contribution in [1.82, 2.24) is 5.16 Å². The average molecular weight is 713 g/mol. The summed E-state index contributed by atoms with van der Waals surface area (Å²) in [5.74, 6) is -63.1. The molecular formula is C20H12F17N3O4S. The summed E-state index contributed by atoms with van der Waals surface area (Å²) in [6.07, 6.45) is -7.89. The Kier molecular flexibility index (Phi) is 9.02. The first-order valence-corrected chi connectivity index (χ1v) is 12.3. The fourth-order valence-corrected chi connectivity index (χ4v) is 3.97. The van der Waals surface area contributed by atoms with E-state index in [0.29, 0.717) is 29.6 Å². The van der Waals surface area contributed by atoms with Gasteiger partial charge in [-0.05, 0) is 38.1 Å². The van der Waals surface area contributed by atoms with E-state index in [1.54, 1.807) is 0 Å². The molecule has 0 fully saturated rings. The van der Waals surface area contributed by atoms with Gasteiger partial charge >= 0.3 is 53.5 Å². The van der Waals surface area contributed by atoms with Crippen LogP contribution in [0.25, 0.3) is 0 Å². The number of anilines is 2. The van der Waals surface area contributed by atoms with Gasteiger partial charge in [0.25, 0.3) is 10.0 Å². The lowest BCUT2D eigenvalue weighted by Crippen LogP contribution is -2.75. The molecule has 0 saturated heterocycles. The van der Waals surface area contributed by atoms with E-state index in [0.717, 1.165) is 0 Å². The number of sulfonamides is 1. The normalized spacial score (nSPS) is 14.8. The van der Waals surface area contributed by atoms with Gasteiger partial charge in [0.2, 0.25) is 5.88 Å². The molecular weight excluding hydrogens is 701 g/mol. The lowest BCUT2D eigenvalue weighted by Gasteiger charge is -2.42. The Morgan fingerprint density at radius 2 is 1.07 bits per heavy atom. The standard InChI is InChI=1S/C20H12F17N3O4S/c1-7-8(2)39-44-11(7)40-45(42,43)10-5-3-9(4-6-10)38-12(41)13(21,22)14(23,24)15(25,26)16(27,28)17(29,30)18(31,32)19(33,34)20(35,36)37/h3-6,40H,1-2H3,(H,38,41). The van der Waals surface area contributed by atoms with Gasteiger partial charge in [-0.3, -0.25) is 4.79 Å². The Balaban J connectivity index is 2.41. The number of hydrogen-bond donors (Lipinski definition) is 2. The van der Waals surface area contributed by atoms with Gasteiger partial charge in [0.1, 0.15) is 0 Å². The van der Waals surface area contributed by atoms with Crippen LogP contribution in [0, 0.1) is 13.8 Å². The largest absolute Gasteiger partial charge is 0.460 e. The average Bonchev–Trinajstić information content (AvgIpc) is 3.19. The predicted octanol–water partition coefficient (Wildman–Crippen LogP) is 7.04. The van der Waals surface area contributed by atoms with Gasteiger partial charge in [-0.1, -0.05) is 5.16 Å². The molecule has 0 aliphatic heterocycles. The fraction of sp³-hybridized carbons (Fsp3) is 0.500. The van der Waals surface area contributed by atoms with Crippen molar-refractivity contribution in [3.05, 3.63) is 35.5 Å². The molecule has 7 nitrogen and oxygen atoms in total. The third kappa shape index (κ3) is 5.59. The Hall–Kier alpha value is -3.54. The van der Waals surface area contributed by atoms with Crippen molar-refractivity contribution in [2.75, 3.05) is 10.0 Å². The summed E-state index contributed by atoms with van der Waals surface area (Å²) in [7, 11) is -4.60. The first-order chi connectivity index (χ1) is 19.8. The highest BCUT2D eigenvalue weighted by Gasteiger charge is 2.95. The van der Waals surface area contributed by atoms with Gasteiger partial charge in [-0.15, -0.1) is 0 Å². The lowest BCUT2D eigenvalue weighted by molar-refractivity contribution is -0.459. The van der Waals surface area contributed by atoms with Gasteiger partial charge in [-0.2, -0.15) is 74.6 Å². The molecule has 1 aromatic carbocycles. The maximum Gasteiger partial charge on any atom is 0.460 e. The van der Waals surface area contributed by atoms with Crippen LogP contribution in [-0.2, 0) is 14.8 Å². The zero-order valence-corrected chi connectivity index (χ0v) is 22.0. The predicted molar refractivity (Wildman–Crippen MR) is 113 cm³/mol. The van der Waals surface area contributed by atoms with Crippen molar-refractivity contribution in [3.63, 3.8) is 0 Å². The molecule has 256 valence electrons. The van der Waals surface area contributed by atoms with E-state index in [-0.39, 0.29) is 11.3 Å². The van der Waals surface area contributed by atoms with Crippen molar-refractivity contribution < 1.29 is 92.4 Å². The molecule has 1 heterocycles. The quantitative estimate of drug-likeness (QED) is 0.244. The number of carbonyl (C=O) groups is 1. The topological polar surface area (TPSA) is 101 Å². The van der Waals surface area contributed by atoms with Crippen molar-refractivity contribution >= 4 is 27.5 Å². The summed E-state index contributed by atoms with van der Waals surface area (Å²) in [6, 6.07) is 1.44. The summed E-state index contributed by atoms with van der Waals surface area (Å²) in [6.45, 7) is 2.75. The summed E-state index contributed by atoms with van der Waals surface area (Å²) >= 11 is 0. The van der Waals surface area contributed by atoms with Crippen LogP contribution in [-0.4, -0.2) is 67.1 Å². The van der Waals surface area contributed by atoms with Crippen LogP contribution in [0.2, 0.25) is 0 Å². The number of aryl methyl sites for hydroxylation is 1. The number of halogens is 17. The Labute approximate surface area is 237 Å². The summed E-state index contributed by atoms with van der Waals surface area (Å²) in [5.41, 5.74) is -0.801. The second-order valence-corrected chi connectivity index (χ2v) is 10.5. The van der Waals surface area contributed by atoms with Gasteiger partial charge < -0.3 is 9.84 Å². The molecule has 1 amide bonds. The van der Waals surface area contributed by atoms with Crippen LogP contribution in [0.15, 0.2) is 33.7 Å². The summed E-state index contributed by atoms with van der Waals surface area (Å²) < 4.78 is 259. The molecule has 2 rings (SSSR count). The van der Waals surface area contributed by atoms with Crippen LogP contribution in [0.4, 0.5) is 86.2 Å². The van der Waals surface area contributed by atoms with E-state index < -0.39 is 80.0 Å². The van der Waals surface area contributed by atoms with Crippen LogP contribution in [0.3, 0.4) is 0 Å². The van der Waals surface area contributed by atoms with Crippen molar-refractivity contribution in [3.8, 4) is 0 Å². The molecule has 0 spiro atoms. The molecule has 0 bridgehead atoms. The summed E-state index contributed by atoms with van der Waals surface area (Å²) in [5, 5.41) is 4.09. The molecule has 0 saturated carbocycles.